The third kappa shape index (κ3) is 5.33. The summed E-state index contributed by atoms with van der Waals surface area (Å²) in [6.07, 6.45) is 2.02. The Morgan fingerprint density at radius 1 is 1.10 bits per heavy atom. The number of hydrogen-bond donors (Lipinski definition) is 0. The summed E-state index contributed by atoms with van der Waals surface area (Å²) in [6.45, 7) is 10.2. The summed E-state index contributed by atoms with van der Waals surface area (Å²) in [5, 5.41) is 0.727. The molecule has 3 aromatic rings. The number of likely N-dealkylation sites (N-methyl/N-ethyl adjacent to an activating group) is 1. The SMILES string of the molecule is CCOc1ccc2nc(N(CCN(CC)CC)C(=O)c3cccc(SC)c3)sc2c1. The van der Waals surface area contributed by atoms with Crippen molar-refractivity contribution in [3.8, 4) is 5.75 Å². The minimum atomic E-state index is -0.0119. The molecule has 0 fully saturated rings. The molecule has 5 nitrogen and oxygen atoms in total. The summed E-state index contributed by atoms with van der Waals surface area (Å²) in [7, 11) is 0. The quantitative estimate of drug-likeness (QED) is 0.392. The van der Waals surface area contributed by atoms with Crippen LogP contribution in [0.25, 0.3) is 10.2 Å². The number of thioether (sulfide) groups is 1. The molecule has 0 aliphatic heterocycles. The normalized spacial score (nSPS) is 11.2. The Morgan fingerprint density at radius 2 is 1.90 bits per heavy atom. The number of ether oxygens (including phenoxy) is 1. The van der Waals surface area contributed by atoms with E-state index in [0.29, 0.717) is 18.7 Å². The molecule has 0 saturated heterocycles. The number of hydrogen-bond acceptors (Lipinski definition) is 6. The van der Waals surface area contributed by atoms with Crippen LogP contribution in [0.3, 0.4) is 0 Å². The number of carbonyl (C=O) groups excluding carboxylic acids is 1. The van der Waals surface area contributed by atoms with Gasteiger partial charge in [-0.15, -0.1) is 11.8 Å². The second-order valence-electron chi connectivity index (χ2n) is 6.77. The van der Waals surface area contributed by atoms with E-state index in [1.54, 1.807) is 11.8 Å². The number of amides is 1. The highest BCUT2D eigenvalue weighted by atomic mass is 32.2. The second kappa shape index (κ2) is 10.8. The molecule has 160 valence electrons. The Morgan fingerprint density at radius 3 is 2.60 bits per heavy atom. The highest BCUT2D eigenvalue weighted by Gasteiger charge is 2.22. The third-order valence-corrected chi connectivity index (χ3v) is 6.75. The van der Waals surface area contributed by atoms with Crippen molar-refractivity contribution in [1.29, 1.82) is 0 Å². The topological polar surface area (TPSA) is 45.7 Å². The molecule has 2 aromatic carbocycles. The first kappa shape index (κ1) is 22.6. The lowest BCUT2D eigenvalue weighted by Gasteiger charge is -2.24. The van der Waals surface area contributed by atoms with Crippen LogP contribution in [0, 0.1) is 0 Å². The smallest absolute Gasteiger partial charge is 0.260 e. The average Bonchev–Trinajstić information content (AvgIpc) is 3.19. The van der Waals surface area contributed by atoms with Gasteiger partial charge in [0.05, 0.1) is 16.8 Å². The molecular weight excluding hydrogens is 414 g/mol. The zero-order chi connectivity index (χ0) is 21.5. The second-order valence-corrected chi connectivity index (χ2v) is 8.66. The number of fused-ring (bicyclic) bond motifs is 1. The Bertz CT molecular complexity index is 985. The van der Waals surface area contributed by atoms with Gasteiger partial charge in [0.2, 0.25) is 0 Å². The lowest BCUT2D eigenvalue weighted by atomic mass is 10.2. The minimum absolute atomic E-state index is 0.0119. The molecule has 3 rings (SSSR count). The standard InChI is InChI=1S/C23H29N3O2S2/c1-5-25(6-2)13-14-26(22(27)17-9-8-10-19(15-17)29-4)23-24-20-12-11-18(28-7-3)16-21(20)30-23/h8-12,15-16H,5-7,13-14H2,1-4H3. The number of thiazole rings is 1. The molecule has 1 amide bonds. The molecule has 0 bridgehead atoms. The molecule has 7 heteroatoms. The molecule has 30 heavy (non-hydrogen) atoms. The van der Waals surface area contributed by atoms with Crippen molar-refractivity contribution < 1.29 is 9.53 Å². The molecule has 1 aromatic heterocycles. The van der Waals surface area contributed by atoms with Crippen molar-refractivity contribution in [1.82, 2.24) is 9.88 Å². The van der Waals surface area contributed by atoms with Crippen molar-refractivity contribution in [3.63, 3.8) is 0 Å². The number of aromatic nitrogens is 1. The fraction of sp³-hybridized carbons (Fsp3) is 0.391. The summed E-state index contributed by atoms with van der Waals surface area (Å²) in [5.41, 5.74) is 1.58. The van der Waals surface area contributed by atoms with E-state index in [1.807, 2.05) is 60.5 Å². The highest BCUT2D eigenvalue weighted by Crippen LogP contribution is 2.32. The van der Waals surface area contributed by atoms with Crippen LogP contribution in [0.5, 0.6) is 5.75 Å². The van der Waals surface area contributed by atoms with Crippen LogP contribution < -0.4 is 9.64 Å². The van der Waals surface area contributed by atoms with E-state index in [9.17, 15) is 4.79 Å². The van der Waals surface area contributed by atoms with Gasteiger partial charge in [0, 0.05) is 23.5 Å². The summed E-state index contributed by atoms with van der Waals surface area (Å²) >= 11 is 3.17. The van der Waals surface area contributed by atoms with Gasteiger partial charge in [-0.05, 0) is 62.7 Å². The summed E-state index contributed by atoms with van der Waals surface area (Å²) in [6, 6.07) is 13.7. The van der Waals surface area contributed by atoms with Crippen molar-refractivity contribution in [3.05, 3.63) is 48.0 Å². The van der Waals surface area contributed by atoms with E-state index in [2.05, 4.69) is 18.7 Å². The lowest BCUT2D eigenvalue weighted by Crippen LogP contribution is -2.38. The van der Waals surface area contributed by atoms with Crippen molar-refractivity contribution in [2.24, 2.45) is 0 Å². The Kier molecular flexibility index (Phi) is 8.13. The third-order valence-electron chi connectivity index (χ3n) is 4.99. The molecule has 0 aliphatic rings. The molecule has 0 unspecified atom stereocenters. The van der Waals surface area contributed by atoms with E-state index in [1.165, 1.54) is 11.3 Å². The molecule has 0 radical (unpaired) electrons. The van der Waals surface area contributed by atoms with Crippen LogP contribution >= 0.6 is 23.1 Å². The first-order valence-electron chi connectivity index (χ1n) is 10.3. The highest BCUT2D eigenvalue weighted by molar-refractivity contribution is 7.98. The molecule has 0 atom stereocenters. The summed E-state index contributed by atoms with van der Waals surface area (Å²) in [4.78, 5) is 23.5. The first-order chi connectivity index (χ1) is 14.6. The zero-order valence-electron chi connectivity index (χ0n) is 18.1. The van der Waals surface area contributed by atoms with Crippen LogP contribution in [0.1, 0.15) is 31.1 Å². The largest absolute Gasteiger partial charge is 0.494 e. The predicted octanol–water partition coefficient (Wildman–Crippen LogP) is 5.41. The van der Waals surface area contributed by atoms with E-state index in [4.69, 9.17) is 9.72 Å². The minimum Gasteiger partial charge on any atom is -0.494 e. The molecule has 0 saturated carbocycles. The fourth-order valence-electron chi connectivity index (χ4n) is 3.24. The van der Waals surface area contributed by atoms with Crippen molar-refractivity contribution in [2.45, 2.75) is 25.7 Å². The number of rotatable bonds is 10. The fourth-order valence-corrected chi connectivity index (χ4v) is 4.72. The maximum atomic E-state index is 13.5. The molecule has 0 aliphatic carbocycles. The molecule has 0 spiro atoms. The van der Waals surface area contributed by atoms with Gasteiger partial charge in [-0.25, -0.2) is 4.98 Å². The van der Waals surface area contributed by atoms with Crippen molar-refractivity contribution in [2.75, 3.05) is 43.9 Å². The number of carbonyl (C=O) groups is 1. The Balaban J connectivity index is 1.95. The van der Waals surface area contributed by atoms with Crippen molar-refractivity contribution >= 4 is 44.4 Å². The maximum absolute atomic E-state index is 13.5. The monoisotopic (exact) mass is 443 g/mol. The van der Waals surface area contributed by atoms with Crippen LogP contribution in [0.4, 0.5) is 5.13 Å². The van der Waals surface area contributed by atoms with Crippen LogP contribution in [0.15, 0.2) is 47.4 Å². The van der Waals surface area contributed by atoms with Gasteiger partial charge in [-0.3, -0.25) is 9.69 Å². The van der Waals surface area contributed by atoms with E-state index in [0.717, 1.165) is 45.6 Å². The molecular formula is C23H29N3O2S2. The maximum Gasteiger partial charge on any atom is 0.260 e. The average molecular weight is 444 g/mol. The van der Waals surface area contributed by atoms with Crippen LogP contribution in [0.2, 0.25) is 0 Å². The van der Waals surface area contributed by atoms with Crippen LogP contribution in [-0.4, -0.2) is 54.8 Å². The summed E-state index contributed by atoms with van der Waals surface area (Å²) < 4.78 is 6.65. The van der Waals surface area contributed by atoms with Gasteiger partial charge in [0.15, 0.2) is 5.13 Å². The first-order valence-corrected chi connectivity index (χ1v) is 12.3. The molecule has 1 heterocycles. The van der Waals surface area contributed by atoms with Gasteiger partial charge in [0.25, 0.3) is 5.91 Å². The van der Waals surface area contributed by atoms with E-state index < -0.39 is 0 Å². The van der Waals surface area contributed by atoms with E-state index >= 15 is 0 Å². The van der Waals surface area contributed by atoms with E-state index in [-0.39, 0.29) is 5.91 Å². The number of benzene rings is 2. The summed E-state index contributed by atoms with van der Waals surface area (Å²) in [5.74, 6) is 0.816. The van der Waals surface area contributed by atoms with Gasteiger partial charge in [-0.1, -0.05) is 31.3 Å². The zero-order valence-corrected chi connectivity index (χ0v) is 19.7. The van der Waals surface area contributed by atoms with Gasteiger partial charge >= 0.3 is 0 Å². The number of anilines is 1. The van der Waals surface area contributed by atoms with Gasteiger partial charge < -0.3 is 9.64 Å². The Hall–Kier alpha value is -2.09. The molecule has 0 N–H and O–H groups in total. The van der Waals surface area contributed by atoms with Crippen LogP contribution in [-0.2, 0) is 0 Å². The van der Waals surface area contributed by atoms with Gasteiger partial charge in [0.1, 0.15) is 5.75 Å². The lowest BCUT2D eigenvalue weighted by molar-refractivity contribution is 0.0983. The Labute approximate surface area is 187 Å². The predicted molar refractivity (Wildman–Crippen MR) is 128 cm³/mol. The van der Waals surface area contributed by atoms with Gasteiger partial charge in [-0.2, -0.15) is 0 Å². The number of nitrogens with zero attached hydrogens (tertiary/aromatic N) is 3.